The number of rotatable bonds is 6. The lowest BCUT2D eigenvalue weighted by atomic mass is 9.98. The second-order valence-corrected chi connectivity index (χ2v) is 8.36. The van der Waals surface area contributed by atoms with Crippen molar-refractivity contribution >= 4 is 23.4 Å². The summed E-state index contributed by atoms with van der Waals surface area (Å²) in [6, 6.07) is 6.25. The maximum atomic E-state index is 14.3. The molecule has 4 rings (SSSR count). The Hall–Kier alpha value is -3.00. The maximum Gasteiger partial charge on any atom is 0.245 e. The number of carbonyl (C=O) groups excluding carboxylic acids is 1. The van der Waals surface area contributed by atoms with Crippen molar-refractivity contribution in [1.29, 1.82) is 0 Å². The number of aromatic nitrogens is 2. The summed E-state index contributed by atoms with van der Waals surface area (Å²) < 4.78 is 14.3. The van der Waals surface area contributed by atoms with E-state index in [1.165, 1.54) is 23.4 Å². The Labute approximate surface area is 182 Å². The van der Waals surface area contributed by atoms with E-state index in [0.717, 1.165) is 44.6 Å². The predicted molar refractivity (Wildman–Crippen MR) is 120 cm³/mol. The standard InChI is InChI=1S/C23H29FN6O/c1-3-21(31)30-9-4-5-16(14-30)12-25-22-20(24)13-26-23(28-22)27-19-7-6-18-15-29(2)10-8-17(18)11-19/h3,6-7,11,13,16H,1,4-5,8-10,12,14-15H2,2H3,(H2,25,26,27,28)/t16-/m0/s1. The Balaban J connectivity index is 1.39. The molecule has 0 unspecified atom stereocenters. The molecule has 1 saturated heterocycles. The SMILES string of the molecule is C=CC(=O)N1CCC[C@@H](CNc2nc(Nc3ccc4c(c3)CCN(C)C4)ncc2F)C1. The van der Waals surface area contributed by atoms with Gasteiger partial charge in [0.25, 0.3) is 0 Å². The number of nitrogens with one attached hydrogen (secondary N) is 2. The number of fused-ring (bicyclic) bond motifs is 1. The van der Waals surface area contributed by atoms with Crippen LogP contribution in [0.1, 0.15) is 24.0 Å². The molecule has 1 atom stereocenters. The summed E-state index contributed by atoms with van der Waals surface area (Å²) in [6.45, 7) is 7.47. The lowest BCUT2D eigenvalue weighted by Crippen LogP contribution is -2.41. The fraction of sp³-hybridized carbons (Fsp3) is 0.435. The number of amides is 1. The lowest BCUT2D eigenvalue weighted by Gasteiger charge is -2.32. The quantitative estimate of drug-likeness (QED) is 0.694. The van der Waals surface area contributed by atoms with Gasteiger partial charge >= 0.3 is 0 Å². The van der Waals surface area contributed by atoms with Crippen LogP contribution in [0.5, 0.6) is 0 Å². The molecule has 1 fully saturated rings. The van der Waals surface area contributed by atoms with Gasteiger partial charge in [0, 0.05) is 38.4 Å². The molecule has 1 aromatic heterocycles. The second-order valence-electron chi connectivity index (χ2n) is 8.36. The summed E-state index contributed by atoms with van der Waals surface area (Å²) >= 11 is 0. The molecule has 2 N–H and O–H groups in total. The molecule has 2 aliphatic rings. The van der Waals surface area contributed by atoms with Gasteiger partial charge in [0.1, 0.15) is 0 Å². The van der Waals surface area contributed by atoms with Crippen LogP contribution in [0.15, 0.2) is 37.1 Å². The second kappa shape index (κ2) is 9.43. The highest BCUT2D eigenvalue weighted by molar-refractivity contribution is 5.87. The largest absolute Gasteiger partial charge is 0.367 e. The van der Waals surface area contributed by atoms with Crippen LogP contribution < -0.4 is 10.6 Å². The zero-order valence-corrected chi connectivity index (χ0v) is 17.9. The van der Waals surface area contributed by atoms with Crippen molar-refractivity contribution in [1.82, 2.24) is 19.8 Å². The number of hydrogen-bond acceptors (Lipinski definition) is 6. The predicted octanol–water partition coefficient (Wildman–Crippen LogP) is 3.18. The first kappa shape index (κ1) is 21.2. The fourth-order valence-corrected chi connectivity index (χ4v) is 4.25. The van der Waals surface area contributed by atoms with E-state index in [1.54, 1.807) is 4.90 Å². The van der Waals surface area contributed by atoms with Gasteiger partial charge in [-0.3, -0.25) is 4.79 Å². The molecule has 1 amide bonds. The van der Waals surface area contributed by atoms with Crippen molar-refractivity contribution in [3.8, 4) is 0 Å². The number of benzene rings is 1. The number of likely N-dealkylation sites (N-methyl/N-ethyl adjacent to an activating group) is 1. The average Bonchev–Trinajstić information content (AvgIpc) is 2.79. The molecule has 0 spiro atoms. The molecule has 1 aromatic carbocycles. The van der Waals surface area contributed by atoms with E-state index >= 15 is 0 Å². The third-order valence-corrected chi connectivity index (χ3v) is 5.97. The zero-order valence-electron chi connectivity index (χ0n) is 17.9. The highest BCUT2D eigenvalue weighted by Gasteiger charge is 2.22. The van der Waals surface area contributed by atoms with Crippen molar-refractivity contribution in [2.75, 3.05) is 43.9 Å². The molecule has 0 aliphatic carbocycles. The van der Waals surface area contributed by atoms with Crippen LogP contribution in [0.2, 0.25) is 0 Å². The normalized spacial score (nSPS) is 18.9. The van der Waals surface area contributed by atoms with E-state index in [1.807, 2.05) is 6.07 Å². The first-order chi connectivity index (χ1) is 15.0. The van der Waals surface area contributed by atoms with E-state index < -0.39 is 5.82 Å². The number of likely N-dealkylation sites (tertiary alicyclic amines) is 1. The van der Waals surface area contributed by atoms with Crippen LogP contribution in [-0.4, -0.2) is 58.9 Å². The minimum Gasteiger partial charge on any atom is -0.367 e. The highest BCUT2D eigenvalue weighted by atomic mass is 19.1. The van der Waals surface area contributed by atoms with Gasteiger partial charge in [-0.2, -0.15) is 4.98 Å². The Kier molecular flexibility index (Phi) is 6.46. The Morgan fingerprint density at radius 3 is 3.06 bits per heavy atom. The maximum absolute atomic E-state index is 14.3. The van der Waals surface area contributed by atoms with E-state index in [2.05, 4.69) is 51.3 Å². The summed E-state index contributed by atoms with van der Waals surface area (Å²) in [5.74, 6) is 0.213. The number of piperidine rings is 1. The average molecular weight is 425 g/mol. The van der Waals surface area contributed by atoms with Crippen molar-refractivity contribution in [2.45, 2.75) is 25.8 Å². The van der Waals surface area contributed by atoms with Crippen LogP contribution in [0, 0.1) is 11.7 Å². The monoisotopic (exact) mass is 424 g/mol. The smallest absolute Gasteiger partial charge is 0.245 e. The lowest BCUT2D eigenvalue weighted by molar-refractivity contribution is -0.127. The molecule has 2 aromatic rings. The van der Waals surface area contributed by atoms with Gasteiger partial charge in [0.2, 0.25) is 11.9 Å². The number of anilines is 3. The minimum atomic E-state index is -0.492. The number of nitrogens with zero attached hydrogens (tertiary/aromatic N) is 4. The van der Waals surface area contributed by atoms with Crippen LogP contribution in [0.4, 0.5) is 21.8 Å². The zero-order chi connectivity index (χ0) is 21.8. The molecule has 0 bridgehead atoms. The number of halogens is 1. The van der Waals surface area contributed by atoms with Gasteiger partial charge < -0.3 is 20.4 Å². The molecule has 2 aliphatic heterocycles. The summed E-state index contributed by atoms with van der Waals surface area (Å²) in [6.07, 6.45) is 5.44. The summed E-state index contributed by atoms with van der Waals surface area (Å²) in [7, 11) is 2.12. The molecular weight excluding hydrogens is 395 g/mol. The molecule has 164 valence electrons. The Morgan fingerprint density at radius 1 is 1.35 bits per heavy atom. The molecular formula is C23H29FN6O. The van der Waals surface area contributed by atoms with Crippen molar-refractivity contribution in [3.63, 3.8) is 0 Å². The first-order valence-electron chi connectivity index (χ1n) is 10.8. The summed E-state index contributed by atoms with van der Waals surface area (Å²) in [4.78, 5) is 24.4. The summed E-state index contributed by atoms with van der Waals surface area (Å²) in [5, 5.41) is 6.30. The van der Waals surface area contributed by atoms with Crippen molar-refractivity contribution < 1.29 is 9.18 Å². The van der Waals surface area contributed by atoms with Crippen LogP contribution >= 0.6 is 0 Å². The highest BCUT2D eigenvalue weighted by Crippen LogP contribution is 2.24. The van der Waals surface area contributed by atoms with E-state index in [9.17, 15) is 9.18 Å². The van der Waals surface area contributed by atoms with Gasteiger partial charge in [-0.15, -0.1) is 0 Å². The molecule has 8 heteroatoms. The molecule has 0 radical (unpaired) electrons. The Bertz CT molecular complexity index is 965. The van der Waals surface area contributed by atoms with Crippen LogP contribution in [0.3, 0.4) is 0 Å². The van der Waals surface area contributed by atoms with Gasteiger partial charge in [0.15, 0.2) is 11.6 Å². The van der Waals surface area contributed by atoms with E-state index in [0.29, 0.717) is 19.0 Å². The molecule has 0 saturated carbocycles. The van der Waals surface area contributed by atoms with Gasteiger partial charge in [-0.1, -0.05) is 12.6 Å². The van der Waals surface area contributed by atoms with Crippen LogP contribution in [-0.2, 0) is 17.8 Å². The molecule has 7 nitrogen and oxygen atoms in total. The molecule has 3 heterocycles. The fourth-order valence-electron chi connectivity index (χ4n) is 4.25. The third kappa shape index (κ3) is 5.19. The van der Waals surface area contributed by atoms with Gasteiger partial charge in [0.05, 0.1) is 6.20 Å². The van der Waals surface area contributed by atoms with Crippen LogP contribution in [0.25, 0.3) is 0 Å². The molecule has 31 heavy (non-hydrogen) atoms. The van der Waals surface area contributed by atoms with Crippen molar-refractivity contribution in [2.24, 2.45) is 5.92 Å². The number of hydrogen-bond donors (Lipinski definition) is 2. The minimum absolute atomic E-state index is 0.0545. The van der Waals surface area contributed by atoms with Gasteiger partial charge in [-0.25, -0.2) is 9.37 Å². The number of carbonyl (C=O) groups is 1. The van der Waals surface area contributed by atoms with Crippen molar-refractivity contribution in [3.05, 3.63) is 54.0 Å². The van der Waals surface area contributed by atoms with E-state index in [4.69, 9.17) is 0 Å². The van der Waals surface area contributed by atoms with E-state index in [-0.39, 0.29) is 17.6 Å². The summed E-state index contributed by atoms with van der Waals surface area (Å²) in [5.41, 5.74) is 3.55. The Morgan fingerprint density at radius 2 is 2.23 bits per heavy atom. The third-order valence-electron chi connectivity index (χ3n) is 5.97. The first-order valence-corrected chi connectivity index (χ1v) is 10.8. The van der Waals surface area contributed by atoms with Gasteiger partial charge in [-0.05, 0) is 61.6 Å². The topological polar surface area (TPSA) is 73.4 Å².